The summed E-state index contributed by atoms with van der Waals surface area (Å²) >= 11 is 0. The highest BCUT2D eigenvalue weighted by Gasteiger charge is 2.17. The van der Waals surface area contributed by atoms with E-state index in [2.05, 4.69) is 17.1 Å². The number of likely N-dealkylation sites (N-methyl/N-ethyl adjacent to an activating group) is 1. The van der Waals surface area contributed by atoms with E-state index >= 15 is 0 Å². The van der Waals surface area contributed by atoms with Crippen LogP contribution in [0, 0.1) is 0 Å². The molecule has 0 saturated carbocycles. The Kier molecular flexibility index (Phi) is 3.03. The Morgan fingerprint density at radius 1 is 1.24 bits per heavy atom. The minimum absolute atomic E-state index is 0.550. The van der Waals surface area contributed by atoms with E-state index in [1.54, 1.807) is 20.0 Å². The Hall–Kier alpha value is -1.61. The molecule has 0 bridgehead atoms. The first-order valence-electron chi connectivity index (χ1n) is 5.75. The number of aliphatic hydroxyl groups is 1. The van der Waals surface area contributed by atoms with Crippen LogP contribution >= 0.6 is 0 Å². The lowest BCUT2D eigenvalue weighted by molar-refractivity contribution is 0.0885. The second-order valence-corrected chi connectivity index (χ2v) is 5.02. The molecule has 3 heteroatoms. The van der Waals surface area contributed by atoms with Gasteiger partial charge in [0.05, 0.1) is 5.60 Å². The monoisotopic (exact) mass is 230 g/mol. The standard InChI is InChI=1S/C14H18N2O/c1-14(2,17)10-16(3)13-12-7-5-4-6-11(12)8-9-15-13/h4-9,17H,10H2,1-3H3. The molecular weight excluding hydrogens is 212 g/mol. The summed E-state index contributed by atoms with van der Waals surface area (Å²) in [7, 11) is 1.95. The summed E-state index contributed by atoms with van der Waals surface area (Å²) in [6, 6.07) is 10.1. The Morgan fingerprint density at radius 2 is 1.94 bits per heavy atom. The molecule has 0 unspecified atom stereocenters. The van der Waals surface area contributed by atoms with E-state index in [1.807, 2.05) is 30.1 Å². The van der Waals surface area contributed by atoms with Crippen molar-refractivity contribution in [2.45, 2.75) is 19.4 Å². The van der Waals surface area contributed by atoms with Crippen LogP contribution in [0.1, 0.15) is 13.8 Å². The molecule has 0 fully saturated rings. The zero-order valence-corrected chi connectivity index (χ0v) is 10.5. The minimum Gasteiger partial charge on any atom is -0.389 e. The fourth-order valence-corrected chi connectivity index (χ4v) is 2.06. The molecule has 0 atom stereocenters. The van der Waals surface area contributed by atoms with Crippen molar-refractivity contribution >= 4 is 16.6 Å². The van der Waals surface area contributed by atoms with Gasteiger partial charge in [-0.3, -0.25) is 0 Å². The van der Waals surface area contributed by atoms with E-state index in [1.165, 1.54) is 5.39 Å². The summed E-state index contributed by atoms with van der Waals surface area (Å²) < 4.78 is 0. The van der Waals surface area contributed by atoms with Crippen LogP contribution in [0.3, 0.4) is 0 Å². The van der Waals surface area contributed by atoms with E-state index < -0.39 is 5.60 Å². The number of aromatic nitrogens is 1. The molecule has 0 aliphatic rings. The maximum absolute atomic E-state index is 9.85. The van der Waals surface area contributed by atoms with Gasteiger partial charge in [-0.05, 0) is 25.3 Å². The zero-order chi connectivity index (χ0) is 12.5. The molecular formula is C14H18N2O. The molecule has 0 spiro atoms. The van der Waals surface area contributed by atoms with Gasteiger partial charge in [0.1, 0.15) is 5.82 Å². The van der Waals surface area contributed by atoms with Crippen molar-refractivity contribution < 1.29 is 5.11 Å². The van der Waals surface area contributed by atoms with Gasteiger partial charge in [-0.1, -0.05) is 24.3 Å². The summed E-state index contributed by atoms with van der Waals surface area (Å²) in [5.74, 6) is 0.908. The molecule has 1 N–H and O–H groups in total. The Bertz CT molecular complexity index is 512. The van der Waals surface area contributed by atoms with Crippen molar-refractivity contribution in [1.29, 1.82) is 0 Å². The summed E-state index contributed by atoms with van der Waals surface area (Å²) in [5, 5.41) is 12.1. The molecule has 17 heavy (non-hydrogen) atoms. The van der Waals surface area contributed by atoms with Crippen LogP contribution in [0.2, 0.25) is 0 Å². The van der Waals surface area contributed by atoms with Crippen LogP contribution in [-0.4, -0.2) is 29.3 Å². The quantitative estimate of drug-likeness (QED) is 0.879. The van der Waals surface area contributed by atoms with E-state index in [-0.39, 0.29) is 0 Å². The van der Waals surface area contributed by atoms with E-state index in [0.717, 1.165) is 11.2 Å². The molecule has 0 aliphatic carbocycles. The average molecular weight is 230 g/mol. The predicted molar refractivity (Wildman–Crippen MR) is 71.3 cm³/mol. The lowest BCUT2D eigenvalue weighted by Crippen LogP contribution is -2.36. The zero-order valence-electron chi connectivity index (χ0n) is 10.5. The number of hydrogen-bond donors (Lipinski definition) is 1. The highest BCUT2D eigenvalue weighted by atomic mass is 16.3. The number of pyridine rings is 1. The fourth-order valence-electron chi connectivity index (χ4n) is 2.06. The molecule has 90 valence electrons. The molecule has 0 radical (unpaired) electrons. The van der Waals surface area contributed by atoms with E-state index in [4.69, 9.17) is 0 Å². The first kappa shape index (κ1) is 11.9. The van der Waals surface area contributed by atoms with Crippen molar-refractivity contribution in [3.63, 3.8) is 0 Å². The third kappa shape index (κ3) is 2.74. The first-order valence-corrected chi connectivity index (χ1v) is 5.75. The van der Waals surface area contributed by atoms with Crippen LogP contribution in [0.25, 0.3) is 10.8 Å². The van der Waals surface area contributed by atoms with Gasteiger partial charge in [0, 0.05) is 25.2 Å². The van der Waals surface area contributed by atoms with Crippen LogP contribution in [0.4, 0.5) is 5.82 Å². The number of fused-ring (bicyclic) bond motifs is 1. The highest BCUT2D eigenvalue weighted by Crippen LogP contribution is 2.24. The van der Waals surface area contributed by atoms with Gasteiger partial charge in [-0.15, -0.1) is 0 Å². The summed E-state index contributed by atoms with van der Waals surface area (Å²) in [4.78, 5) is 6.39. The van der Waals surface area contributed by atoms with Crippen molar-refractivity contribution in [1.82, 2.24) is 4.98 Å². The van der Waals surface area contributed by atoms with Crippen LogP contribution in [-0.2, 0) is 0 Å². The van der Waals surface area contributed by atoms with Crippen molar-refractivity contribution in [3.8, 4) is 0 Å². The summed E-state index contributed by atoms with van der Waals surface area (Å²) in [6.45, 7) is 4.15. The molecule has 2 aromatic rings. The SMILES string of the molecule is CN(CC(C)(C)O)c1nccc2ccccc12. The Balaban J connectivity index is 2.41. The smallest absolute Gasteiger partial charge is 0.136 e. The van der Waals surface area contributed by atoms with Crippen LogP contribution < -0.4 is 4.90 Å². The van der Waals surface area contributed by atoms with Gasteiger partial charge in [-0.2, -0.15) is 0 Å². The second-order valence-electron chi connectivity index (χ2n) is 5.02. The number of rotatable bonds is 3. The fraction of sp³-hybridized carbons (Fsp3) is 0.357. The largest absolute Gasteiger partial charge is 0.389 e. The van der Waals surface area contributed by atoms with Crippen LogP contribution in [0.5, 0.6) is 0 Å². The van der Waals surface area contributed by atoms with Gasteiger partial charge in [0.25, 0.3) is 0 Å². The molecule has 1 aromatic heterocycles. The molecule has 1 aromatic carbocycles. The Labute approximate surface area is 102 Å². The van der Waals surface area contributed by atoms with E-state index in [0.29, 0.717) is 6.54 Å². The molecule has 0 aliphatic heterocycles. The molecule has 1 heterocycles. The normalized spacial score (nSPS) is 11.8. The van der Waals surface area contributed by atoms with Gasteiger partial charge in [-0.25, -0.2) is 4.98 Å². The molecule has 0 saturated heterocycles. The van der Waals surface area contributed by atoms with Crippen molar-refractivity contribution in [3.05, 3.63) is 36.5 Å². The van der Waals surface area contributed by atoms with E-state index in [9.17, 15) is 5.11 Å². The van der Waals surface area contributed by atoms with Gasteiger partial charge in [0.2, 0.25) is 0 Å². The summed E-state index contributed by atoms with van der Waals surface area (Å²) in [6.07, 6.45) is 1.80. The highest BCUT2D eigenvalue weighted by molar-refractivity contribution is 5.91. The third-order valence-corrected chi connectivity index (χ3v) is 2.64. The first-order chi connectivity index (χ1) is 7.97. The average Bonchev–Trinajstić information content (AvgIpc) is 2.26. The van der Waals surface area contributed by atoms with Gasteiger partial charge in [0.15, 0.2) is 0 Å². The molecule has 0 amide bonds. The topological polar surface area (TPSA) is 36.4 Å². The second kappa shape index (κ2) is 4.34. The number of anilines is 1. The predicted octanol–water partition coefficient (Wildman–Crippen LogP) is 2.44. The molecule has 3 nitrogen and oxygen atoms in total. The maximum Gasteiger partial charge on any atom is 0.136 e. The van der Waals surface area contributed by atoms with Crippen LogP contribution in [0.15, 0.2) is 36.5 Å². The number of hydrogen-bond acceptors (Lipinski definition) is 3. The number of nitrogens with zero attached hydrogens (tertiary/aromatic N) is 2. The van der Waals surface area contributed by atoms with Gasteiger partial charge >= 0.3 is 0 Å². The minimum atomic E-state index is -0.729. The van der Waals surface area contributed by atoms with Crippen molar-refractivity contribution in [2.75, 3.05) is 18.5 Å². The maximum atomic E-state index is 9.85. The number of benzene rings is 1. The molecule has 2 rings (SSSR count). The lowest BCUT2D eigenvalue weighted by atomic mass is 10.1. The lowest BCUT2D eigenvalue weighted by Gasteiger charge is -2.27. The van der Waals surface area contributed by atoms with Gasteiger partial charge < -0.3 is 10.0 Å². The summed E-state index contributed by atoms with van der Waals surface area (Å²) in [5.41, 5.74) is -0.729. The third-order valence-electron chi connectivity index (χ3n) is 2.64. The Morgan fingerprint density at radius 3 is 2.65 bits per heavy atom. The van der Waals surface area contributed by atoms with Crippen molar-refractivity contribution in [2.24, 2.45) is 0 Å².